The summed E-state index contributed by atoms with van der Waals surface area (Å²) in [5.41, 5.74) is 0. The van der Waals surface area contributed by atoms with Crippen molar-refractivity contribution in [1.29, 1.82) is 0 Å². The zero-order valence-corrected chi connectivity index (χ0v) is 11.1. The molecule has 0 fully saturated rings. The molecule has 0 heterocycles. The molecule has 0 spiro atoms. The van der Waals surface area contributed by atoms with Crippen LogP contribution in [-0.4, -0.2) is 42.6 Å². The van der Waals surface area contributed by atoms with E-state index in [1.165, 1.54) is 24.3 Å². The van der Waals surface area contributed by atoms with Crippen LogP contribution in [0.2, 0.25) is 0 Å². The van der Waals surface area contributed by atoms with Gasteiger partial charge < -0.3 is 30.6 Å². The van der Waals surface area contributed by atoms with Gasteiger partial charge in [0.05, 0.1) is 0 Å². The number of benzene rings is 2. The first-order valence-corrected chi connectivity index (χ1v) is 5.65. The molecular weight excluding hydrogens is 296 g/mol. The SMILES string of the molecule is O=C(O)C(=O)O.Oc1ccccc1O.Oc1ccccc1O. The largest absolute Gasteiger partial charge is 0.504 e. The van der Waals surface area contributed by atoms with Crippen molar-refractivity contribution in [3.8, 4) is 23.0 Å². The van der Waals surface area contributed by atoms with Crippen LogP contribution < -0.4 is 0 Å². The summed E-state index contributed by atoms with van der Waals surface area (Å²) in [6.07, 6.45) is 0. The molecule has 0 aliphatic carbocycles. The summed E-state index contributed by atoms with van der Waals surface area (Å²) in [7, 11) is 0. The normalized spacial score (nSPS) is 8.55. The maximum absolute atomic E-state index is 9.10. The van der Waals surface area contributed by atoms with Crippen molar-refractivity contribution in [2.45, 2.75) is 0 Å². The van der Waals surface area contributed by atoms with Crippen molar-refractivity contribution in [2.75, 3.05) is 0 Å². The Morgan fingerprint density at radius 3 is 0.818 bits per heavy atom. The maximum Gasteiger partial charge on any atom is 0.414 e. The lowest BCUT2D eigenvalue weighted by molar-refractivity contribution is -0.159. The number of carbonyl (C=O) groups is 2. The van der Waals surface area contributed by atoms with Crippen LogP contribution in [0.1, 0.15) is 0 Å². The van der Waals surface area contributed by atoms with E-state index in [0.717, 1.165) is 0 Å². The molecule has 0 bridgehead atoms. The number of rotatable bonds is 0. The Morgan fingerprint density at radius 1 is 0.545 bits per heavy atom. The molecule has 0 saturated carbocycles. The van der Waals surface area contributed by atoms with Gasteiger partial charge in [-0.3, -0.25) is 0 Å². The first-order valence-electron chi connectivity index (χ1n) is 5.65. The van der Waals surface area contributed by atoms with E-state index in [1.54, 1.807) is 24.3 Å². The van der Waals surface area contributed by atoms with E-state index in [2.05, 4.69) is 0 Å². The van der Waals surface area contributed by atoms with Crippen LogP contribution in [0.5, 0.6) is 23.0 Å². The Hall–Kier alpha value is -3.42. The van der Waals surface area contributed by atoms with Gasteiger partial charge in [0, 0.05) is 0 Å². The average molecular weight is 310 g/mol. The molecule has 8 heteroatoms. The fourth-order valence-corrected chi connectivity index (χ4v) is 0.928. The lowest BCUT2D eigenvalue weighted by atomic mass is 10.3. The van der Waals surface area contributed by atoms with Gasteiger partial charge in [0.1, 0.15) is 0 Å². The Balaban J connectivity index is 0.000000306. The summed E-state index contributed by atoms with van der Waals surface area (Å²) in [6.45, 7) is 0. The highest BCUT2D eigenvalue weighted by Gasteiger charge is 2.04. The highest BCUT2D eigenvalue weighted by molar-refractivity contribution is 6.27. The fraction of sp³-hybridized carbons (Fsp3) is 0. The van der Waals surface area contributed by atoms with Crippen molar-refractivity contribution in [2.24, 2.45) is 0 Å². The fourth-order valence-electron chi connectivity index (χ4n) is 0.928. The van der Waals surface area contributed by atoms with Crippen molar-refractivity contribution in [3.63, 3.8) is 0 Å². The summed E-state index contributed by atoms with van der Waals surface area (Å²) < 4.78 is 0. The molecule has 0 atom stereocenters. The Morgan fingerprint density at radius 2 is 0.727 bits per heavy atom. The van der Waals surface area contributed by atoms with Crippen LogP contribution in [0.25, 0.3) is 0 Å². The smallest absolute Gasteiger partial charge is 0.414 e. The predicted octanol–water partition coefficient (Wildman–Crippen LogP) is 1.35. The zero-order valence-electron chi connectivity index (χ0n) is 11.1. The number of aliphatic carboxylic acids is 2. The van der Waals surface area contributed by atoms with Crippen LogP contribution >= 0.6 is 0 Å². The highest BCUT2D eigenvalue weighted by atomic mass is 16.4. The van der Waals surface area contributed by atoms with Gasteiger partial charge in [-0.1, -0.05) is 24.3 Å². The summed E-state index contributed by atoms with van der Waals surface area (Å²) in [4.78, 5) is 18.2. The topological polar surface area (TPSA) is 156 Å². The van der Waals surface area contributed by atoms with Gasteiger partial charge in [-0.15, -0.1) is 0 Å². The first kappa shape index (κ1) is 18.6. The van der Waals surface area contributed by atoms with Gasteiger partial charge in [0.25, 0.3) is 0 Å². The lowest BCUT2D eigenvalue weighted by Gasteiger charge is -1.91. The molecular formula is C14H14O8. The zero-order chi connectivity index (χ0) is 17.1. The van der Waals surface area contributed by atoms with E-state index in [0.29, 0.717) is 0 Å². The third kappa shape index (κ3) is 7.89. The van der Waals surface area contributed by atoms with E-state index < -0.39 is 11.9 Å². The van der Waals surface area contributed by atoms with E-state index in [9.17, 15) is 0 Å². The number of para-hydroxylation sites is 4. The lowest BCUT2D eigenvalue weighted by Crippen LogP contribution is -2.09. The van der Waals surface area contributed by atoms with Crippen LogP contribution in [-0.2, 0) is 9.59 Å². The average Bonchev–Trinajstić information content (AvgIpc) is 2.47. The first-order chi connectivity index (χ1) is 10.3. The number of aromatic hydroxyl groups is 4. The van der Waals surface area contributed by atoms with E-state index >= 15 is 0 Å². The van der Waals surface area contributed by atoms with Crippen molar-refractivity contribution < 1.29 is 40.2 Å². The van der Waals surface area contributed by atoms with Crippen LogP contribution in [0.3, 0.4) is 0 Å². The molecule has 0 aliphatic heterocycles. The molecule has 0 radical (unpaired) electrons. The number of carboxylic acids is 2. The van der Waals surface area contributed by atoms with Crippen LogP contribution in [0.15, 0.2) is 48.5 Å². The van der Waals surface area contributed by atoms with Gasteiger partial charge in [0.15, 0.2) is 23.0 Å². The van der Waals surface area contributed by atoms with Gasteiger partial charge >= 0.3 is 11.9 Å². The molecule has 0 aromatic heterocycles. The van der Waals surface area contributed by atoms with Gasteiger partial charge in [-0.05, 0) is 24.3 Å². The second-order valence-corrected chi connectivity index (χ2v) is 3.59. The number of phenolic OH excluding ortho intramolecular Hbond substituents is 4. The number of hydrogen-bond acceptors (Lipinski definition) is 6. The number of hydrogen-bond donors (Lipinski definition) is 6. The van der Waals surface area contributed by atoms with Gasteiger partial charge in [0.2, 0.25) is 0 Å². The Kier molecular flexibility index (Phi) is 8.01. The molecule has 6 N–H and O–H groups in total. The van der Waals surface area contributed by atoms with E-state index in [-0.39, 0.29) is 23.0 Å². The summed E-state index contributed by atoms with van der Waals surface area (Å²) in [6, 6.07) is 12.3. The van der Waals surface area contributed by atoms with Crippen molar-refractivity contribution in [1.82, 2.24) is 0 Å². The summed E-state index contributed by atoms with van der Waals surface area (Å²) >= 11 is 0. The molecule has 0 aliphatic rings. The van der Waals surface area contributed by atoms with Crippen LogP contribution in [0.4, 0.5) is 0 Å². The van der Waals surface area contributed by atoms with Crippen LogP contribution in [0, 0.1) is 0 Å². The van der Waals surface area contributed by atoms with E-state index in [4.69, 9.17) is 40.2 Å². The molecule has 0 amide bonds. The Labute approximate surface area is 124 Å². The third-order valence-electron chi connectivity index (χ3n) is 1.95. The van der Waals surface area contributed by atoms with Crippen molar-refractivity contribution >= 4 is 11.9 Å². The predicted molar refractivity (Wildman–Crippen MR) is 74.8 cm³/mol. The standard InChI is InChI=1S/2C6H6O2.C2H2O4/c2*7-5-3-1-2-4-6(5)8;3-1(4)2(5)6/h2*1-4,7-8H;(H,3,4)(H,5,6). The molecule has 0 saturated heterocycles. The Bertz CT molecular complexity index is 526. The summed E-state index contributed by atoms with van der Waals surface area (Å²) in [5.74, 6) is -3.95. The highest BCUT2D eigenvalue weighted by Crippen LogP contribution is 2.21. The molecule has 118 valence electrons. The minimum Gasteiger partial charge on any atom is -0.504 e. The summed E-state index contributed by atoms with van der Waals surface area (Å²) in [5, 5.41) is 49.5. The van der Waals surface area contributed by atoms with Gasteiger partial charge in [-0.25, -0.2) is 9.59 Å². The molecule has 2 rings (SSSR count). The minimum absolute atomic E-state index is 0.0764. The quantitative estimate of drug-likeness (QED) is 0.314. The molecule has 2 aromatic rings. The number of carboxylic acid groups (broad SMARTS) is 2. The van der Waals surface area contributed by atoms with Gasteiger partial charge in [-0.2, -0.15) is 0 Å². The maximum atomic E-state index is 9.10. The molecule has 0 unspecified atom stereocenters. The minimum atomic E-state index is -1.82. The van der Waals surface area contributed by atoms with E-state index in [1.807, 2.05) is 0 Å². The monoisotopic (exact) mass is 310 g/mol. The molecule has 22 heavy (non-hydrogen) atoms. The second kappa shape index (κ2) is 9.48. The number of phenols is 4. The third-order valence-corrected chi connectivity index (χ3v) is 1.95. The second-order valence-electron chi connectivity index (χ2n) is 3.59. The molecule has 8 nitrogen and oxygen atoms in total. The van der Waals surface area contributed by atoms with Crippen molar-refractivity contribution in [3.05, 3.63) is 48.5 Å². The molecule has 2 aromatic carbocycles.